The molecule has 1 saturated carbocycles. The molecule has 0 spiro atoms. The molecule has 0 radical (unpaired) electrons. The summed E-state index contributed by atoms with van der Waals surface area (Å²) in [6.07, 6.45) is 5.48. The van der Waals surface area contributed by atoms with Crippen molar-refractivity contribution in [2.45, 2.75) is 37.7 Å². The number of hydrogen-bond acceptors (Lipinski definition) is 4. The molecule has 0 amide bonds. The molecule has 1 aliphatic heterocycles. The van der Waals surface area contributed by atoms with Crippen molar-refractivity contribution >= 4 is 5.69 Å². The molecular weight excluding hydrogens is 274 g/mol. The molecule has 1 aromatic rings. The lowest BCUT2D eigenvalue weighted by Gasteiger charge is -2.41. The molecule has 3 rings (SSSR count). The zero-order valence-electron chi connectivity index (χ0n) is 13.2. The van der Waals surface area contributed by atoms with E-state index in [-0.39, 0.29) is 0 Å². The Balaban J connectivity index is 1.57. The van der Waals surface area contributed by atoms with Crippen molar-refractivity contribution in [3.8, 4) is 6.07 Å². The number of β-amino-alcohol motifs (C(OH)–C–C–N with tert-alkyl or cyclic N) is 1. The van der Waals surface area contributed by atoms with E-state index in [1.807, 2.05) is 24.3 Å². The first-order chi connectivity index (χ1) is 10.7. The van der Waals surface area contributed by atoms with Crippen LogP contribution in [0.4, 0.5) is 5.69 Å². The van der Waals surface area contributed by atoms with Crippen molar-refractivity contribution in [2.75, 3.05) is 37.6 Å². The topological polar surface area (TPSA) is 50.5 Å². The van der Waals surface area contributed by atoms with Crippen LogP contribution in [0.15, 0.2) is 24.3 Å². The van der Waals surface area contributed by atoms with Crippen molar-refractivity contribution in [2.24, 2.45) is 0 Å². The molecule has 4 heteroatoms. The standard InChI is InChI=1S/C18H25N3O/c19-14-16-6-2-3-7-17(16)21-12-10-20(11-13-21)15-18(22)8-4-1-5-9-18/h2-3,6-7,22H,1,4-5,8-13,15H2. The highest BCUT2D eigenvalue weighted by molar-refractivity contribution is 5.59. The van der Waals surface area contributed by atoms with Gasteiger partial charge >= 0.3 is 0 Å². The molecule has 0 unspecified atom stereocenters. The first-order valence-electron chi connectivity index (χ1n) is 8.39. The van der Waals surface area contributed by atoms with Gasteiger partial charge in [-0.2, -0.15) is 5.26 Å². The monoisotopic (exact) mass is 299 g/mol. The highest BCUT2D eigenvalue weighted by Gasteiger charge is 2.32. The van der Waals surface area contributed by atoms with Gasteiger partial charge in [0.05, 0.1) is 16.9 Å². The Bertz CT molecular complexity index is 538. The summed E-state index contributed by atoms with van der Waals surface area (Å²) in [6, 6.07) is 10.1. The molecule has 2 aliphatic rings. The Morgan fingerprint density at radius 3 is 2.41 bits per heavy atom. The van der Waals surface area contributed by atoms with Crippen molar-refractivity contribution in [1.29, 1.82) is 5.26 Å². The predicted molar refractivity (Wildman–Crippen MR) is 87.8 cm³/mol. The molecule has 1 aromatic carbocycles. The van der Waals surface area contributed by atoms with Gasteiger partial charge in [-0.15, -0.1) is 0 Å². The summed E-state index contributed by atoms with van der Waals surface area (Å²) < 4.78 is 0. The largest absolute Gasteiger partial charge is 0.389 e. The van der Waals surface area contributed by atoms with Gasteiger partial charge in [-0.1, -0.05) is 31.4 Å². The highest BCUT2D eigenvalue weighted by atomic mass is 16.3. The Kier molecular flexibility index (Phi) is 4.66. The molecule has 1 N–H and O–H groups in total. The van der Waals surface area contributed by atoms with Crippen molar-refractivity contribution in [1.82, 2.24) is 4.90 Å². The molecule has 0 aromatic heterocycles. The van der Waals surface area contributed by atoms with Crippen LogP contribution in [-0.4, -0.2) is 48.3 Å². The smallest absolute Gasteiger partial charge is 0.101 e. The molecule has 1 aliphatic carbocycles. The van der Waals surface area contributed by atoms with Gasteiger partial charge in [0.15, 0.2) is 0 Å². The van der Waals surface area contributed by atoms with Gasteiger partial charge < -0.3 is 10.0 Å². The molecule has 4 nitrogen and oxygen atoms in total. The normalized spacial score (nSPS) is 22.3. The summed E-state index contributed by atoms with van der Waals surface area (Å²) in [5.74, 6) is 0. The summed E-state index contributed by atoms with van der Waals surface area (Å²) in [5.41, 5.74) is 1.33. The SMILES string of the molecule is N#Cc1ccccc1N1CCN(CC2(O)CCCCC2)CC1. The zero-order chi connectivity index (χ0) is 15.4. The number of para-hydroxylation sites is 1. The summed E-state index contributed by atoms with van der Waals surface area (Å²) in [5, 5.41) is 19.9. The molecule has 2 fully saturated rings. The van der Waals surface area contributed by atoms with E-state index in [0.717, 1.165) is 69.7 Å². The van der Waals surface area contributed by atoms with Gasteiger partial charge in [-0.05, 0) is 25.0 Å². The summed E-state index contributed by atoms with van der Waals surface area (Å²) in [4.78, 5) is 4.68. The van der Waals surface area contributed by atoms with Crippen LogP contribution in [0.1, 0.15) is 37.7 Å². The lowest BCUT2D eigenvalue weighted by molar-refractivity contribution is -0.0271. The fourth-order valence-corrected chi connectivity index (χ4v) is 3.78. The molecule has 0 bridgehead atoms. The lowest BCUT2D eigenvalue weighted by Crippen LogP contribution is -2.52. The third-order valence-corrected chi connectivity index (χ3v) is 5.04. The molecular formula is C18H25N3O. The minimum atomic E-state index is -0.467. The van der Waals surface area contributed by atoms with Gasteiger partial charge in [0.2, 0.25) is 0 Å². The molecule has 1 heterocycles. The number of hydrogen-bond donors (Lipinski definition) is 1. The molecule has 0 atom stereocenters. The fraction of sp³-hybridized carbons (Fsp3) is 0.611. The van der Waals surface area contributed by atoms with Crippen LogP contribution in [-0.2, 0) is 0 Å². The van der Waals surface area contributed by atoms with Crippen molar-refractivity contribution < 1.29 is 5.11 Å². The van der Waals surface area contributed by atoms with Crippen LogP contribution in [0.2, 0.25) is 0 Å². The number of anilines is 1. The van der Waals surface area contributed by atoms with E-state index in [9.17, 15) is 10.4 Å². The summed E-state index contributed by atoms with van der Waals surface area (Å²) in [6.45, 7) is 4.58. The van der Waals surface area contributed by atoms with Crippen LogP contribution in [0.3, 0.4) is 0 Å². The number of aliphatic hydroxyl groups is 1. The van der Waals surface area contributed by atoms with Crippen LogP contribution in [0.25, 0.3) is 0 Å². The Morgan fingerprint density at radius 2 is 1.73 bits per heavy atom. The number of piperazine rings is 1. The average Bonchev–Trinajstić information content (AvgIpc) is 2.56. The maximum atomic E-state index is 10.7. The Morgan fingerprint density at radius 1 is 1.05 bits per heavy atom. The van der Waals surface area contributed by atoms with E-state index >= 15 is 0 Å². The average molecular weight is 299 g/mol. The van der Waals surface area contributed by atoms with Gasteiger partial charge in [0, 0.05) is 32.7 Å². The lowest BCUT2D eigenvalue weighted by atomic mass is 9.84. The van der Waals surface area contributed by atoms with Crippen molar-refractivity contribution in [3.05, 3.63) is 29.8 Å². The van der Waals surface area contributed by atoms with E-state index in [2.05, 4.69) is 15.9 Å². The second-order valence-electron chi connectivity index (χ2n) is 6.68. The third-order valence-electron chi connectivity index (χ3n) is 5.04. The molecule has 22 heavy (non-hydrogen) atoms. The first kappa shape index (κ1) is 15.3. The molecule has 118 valence electrons. The van der Waals surface area contributed by atoms with Crippen LogP contribution < -0.4 is 4.90 Å². The minimum Gasteiger partial charge on any atom is -0.389 e. The van der Waals surface area contributed by atoms with Gasteiger partial charge in [0.25, 0.3) is 0 Å². The quantitative estimate of drug-likeness (QED) is 0.931. The van der Waals surface area contributed by atoms with Crippen LogP contribution in [0.5, 0.6) is 0 Å². The van der Waals surface area contributed by atoms with E-state index in [1.165, 1.54) is 6.42 Å². The number of nitrogens with zero attached hydrogens (tertiary/aromatic N) is 3. The summed E-state index contributed by atoms with van der Waals surface area (Å²) >= 11 is 0. The van der Waals surface area contributed by atoms with Gasteiger partial charge in [-0.25, -0.2) is 0 Å². The number of rotatable bonds is 3. The van der Waals surface area contributed by atoms with Gasteiger partial charge in [-0.3, -0.25) is 4.90 Å². The number of benzene rings is 1. The summed E-state index contributed by atoms with van der Waals surface area (Å²) in [7, 11) is 0. The van der Waals surface area contributed by atoms with E-state index < -0.39 is 5.60 Å². The molecule has 1 saturated heterocycles. The number of nitriles is 1. The van der Waals surface area contributed by atoms with E-state index in [0.29, 0.717) is 0 Å². The second kappa shape index (κ2) is 6.68. The minimum absolute atomic E-state index is 0.467. The fourth-order valence-electron chi connectivity index (χ4n) is 3.78. The van der Waals surface area contributed by atoms with Crippen LogP contribution >= 0.6 is 0 Å². The third kappa shape index (κ3) is 3.43. The highest BCUT2D eigenvalue weighted by Crippen LogP contribution is 2.29. The maximum Gasteiger partial charge on any atom is 0.101 e. The Labute approximate surface area is 133 Å². The van der Waals surface area contributed by atoms with E-state index in [1.54, 1.807) is 0 Å². The van der Waals surface area contributed by atoms with Gasteiger partial charge in [0.1, 0.15) is 6.07 Å². The van der Waals surface area contributed by atoms with E-state index in [4.69, 9.17) is 0 Å². The first-order valence-corrected chi connectivity index (χ1v) is 8.39. The second-order valence-corrected chi connectivity index (χ2v) is 6.68. The Hall–Kier alpha value is -1.57. The zero-order valence-corrected chi connectivity index (χ0v) is 13.2. The van der Waals surface area contributed by atoms with Crippen LogP contribution in [0, 0.1) is 11.3 Å². The van der Waals surface area contributed by atoms with Crippen molar-refractivity contribution in [3.63, 3.8) is 0 Å². The maximum absolute atomic E-state index is 10.7. The predicted octanol–water partition coefficient (Wildman–Crippen LogP) is 2.38.